The van der Waals surface area contributed by atoms with Gasteiger partial charge in [0, 0.05) is 0 Å². The highest BCUT2D eigenvalue weighted by atomic mass is 16.3. The average molecular weight is 189 g/mol. The van der Waals surface area contributed by atoms with Gasteiger partial charge in [0.15, 0.2) is 5.69 Å². The monoisotopic (exact) mass is 189 g/mol. The maximum Gasteiger partial charge on any atom is 0.192 e. The maximum absolute atomic E-state index is 9.10. The van der Waals surface area contributed by atoms with Crippen LogP contribution < -0.4 is 0 Å². The normalized spacial score (nSPS) is 11.1. The molecule has 0 aliphatic heterocycles. The summed E-state index contributed by atoms with van der Waals surface area (Å²) < 4.78 is 0. The Morgan fingerprint density at radius 3 is 2.43 bits per heavy atom. The van der Waals surface area contributed by atoms with Crippen molar-refractivity contribution in [2.75, 3.05) is 0 Å². The zero-order valence-electron chi connectivity index (χ0n) is 8.83. The summed E-state index contributed by atoms with van der Waals surface area (Å²) in [5, 5.41) is 9.10. The van der Waals surface area contributed by atoms with Gasteiger partial charge in [0.1, 0.15) is 0 Å². The molecule has 0 bridgehead atoms. The molecule has 0 aromatic heterocycles. The molecule has 1 N–H and O–H groups in total. The standard InChI is InChI=1S/C12H15NO/c1-12(2,3)10-5-6-11(13-4)9(7-10)8-14/h5-7,14H,8H2,1-3H3. The Kier molecular flexibility index (Phi) is 2.93. The molecule has 0 radical (unpaired) electrons. The molecule has 0 aliphatic rings. The van der Waals surface area contributed by atoms with Crippen LogP contribution in [0.1, 0.15) is 31.9 Å². The van der Waals surface area contributed by atoms with Crippen molar-refractivity contribution in [2.45, 2.75) is 32.8 Å². The predicted octanol–water partition coefficient (Wildman–Crippen LogP) is 3.03. The van der Waals surface area contributed by atoms with Crippen LogP contribution in [0.25, 0.3) is 4.85 Å². The zero-order valence-corrected chi connectivity index (χ0v) is 8.83. The van der Waals surface area contributed by atoms with E-state index in [0.717, 1.165) is 5.56 Å². The largest absolute Gasteiger partial charge is 0.393 e. The van der Waals surface area contributed by atoms with E-state index < -0.39 is 0 Å². The molecule has 2 nitrogen and oxygen atoms in total. The lowest BCUT2D eigenvalue weighted by atomic mass is 9.86. The minimum atomic E-state index is -0.0678. The first-order valence-electron chi connectivity index (χ1n) is 4.61. The molecule has 0 saturated heterocycles. The molecule has 0 unspecified atom stereocenters. The molecule has 1 aromatic carbocycles. The highest BCUT2D eigenvalue weighted by Gasteiger charge is 2.14. The molecule has 0 fully saturated rings. The summed E-state index contributed by atoms with van der Waals surface area (Å²) in [4.78, 5) is 3.35. The summed E-state index contributed by atoms with van der Waals surface area (Å²) in [7, 11) is 0. The van der Waals surface area contributed by atoms with Crippen LogP contribution in [0.2, 0.25) is 0 Å². The smallest absolute Gasteiger partial charge is 0.192 e. The van der Waals surface area contributed by atoms with Crippen molar-refractivity contribution in [3.05, 3.63) is 40.7 Å². The third-order valence-electron chi connectivity index (χ3n) is 2.24. The summed E-state index contributed by atoms with van der Waals surface area (Å²) in [6, 6.07) is 5.64. The predicted molar refractivity (Wildman–Crippen MR) is 57.3 cm³/mol. The number of aliphatic hydroxyl groups is 1. The summed E-state index contributed by atoms with van der Waals surface area (Å²) in [6.45, 7) is 13.2. The molecule has 0 aliphatic carbocycles. The molecule has 74 valence electrons. The van der Waals surface area contributed by atoms with Crippen molar-refractivity contribution in [1.29, 1.82) is 0 Å². The molecule has 14 heavy (non-hydrogen) atoms. The minimum Gasteiger partial charge on any atom is -0.393 e. The van der Waals surface area contributed by atoms with E-state index in [1.165, 1.54) is 0 Å². The van der Waals surface area contributed by atoms with E-state index in [1.807, 2.05) is 12.1 Å². The summed E-state index contributed by atoms with van der Waals surface area (Å²) in [6.07, 6.45) is 0. The summed E-state index contributed by atoms with van der Waals surface area (Å²) in [5.41, 5.74) is 2.46. The van der Waals surface area contributed by atoms with E-state index in [0.29, 0.717) is 11.3 Å². The first kappa shape index (κ1) is 10.7. The van der Waals surface area contributed by atoms with Crippen molar-refractivity contribution < 1.29 is 5.11 Å². The van der Waals surface area contributed by atoms with E-state index in [-0.39, 0.29) is 12.0 Å². The van der Waals surface area contributed by atoms with Gasteiger partial charge in [-0.25, -0.2) is 4.85 Å². The highest BCUT2D eigenvalue weighted by molar-refractivity contribution is 5.54. The molecule has 0 heterocycles. The SMILES string of the molecule is [C-]#[N+]c1ccc(C(C)(C)C)cc1CO. The van der Waals surface area contributed by atoms with Crippen LogP contribution in [-0.4, -0.2) is 5.11 Å². The summed E-state index contributed by atoms with van der Waals surface area (Å²) >= 11 is 0. The van der Waals surface area contributed by atoms with E-state index in [9.17, 15) is 0 Å². The van der Waals surface area contributed by atoms with Crippen LogP contribution in [0.4, 0.5) is 5.69 Å². The van der Waals surface area contributed by atoms with Crippen LogP contribution >= 0.6 is 0 Å². The lowest BCUT2D eigenvalue weighted by Crippen LogP contribution is -2.11. The van der Waals surface area contributed by atoms with Gasteiger partial charge in [-0.15, -0.1) is 0 Å². The van der Waals surface area contributed by atoms with Crippen LogP contribution in [0.5, 0.6) is 0 Å². The van der Waals surface area contributed by atoms with Crippen LogP contribution in [0.15, 0.2) is 18.2 Å². The van der Waals surface area contributed by atoms with Gasteiger partial charge in [0.05, 0.1) is 13.2 Å². The number of nitrogens with zero attached hydrogens (tertiary/aromatic N) is 1. The summed E-state index contributed by atoms with van der Waals surface area (Å²) in [5.74, 6) is 0. The molecule has 0 atom stereocenters. The zero-order chi connectivity index (χ0) is 10.8. The fraction of sp³-hybridized carbons (Fsp3) is 0.417. The first-order chi connectivity index (χ1) is 6.49. The third-order valence-corrected chi connectivity index (χ3v) is 2.24. The number of benzene rings is 1. The maximum atomic E-state index is 9.10. The Bertz CT molecular complexity index is 369. The lowest BCUT2D eigenvalue weighted by molar-refractivity contribution is 0.282. The fourth-order valence-electron chi connectivity index (χ4n) is 1.29. The van der Waals surface area contributed by atoms with E-state index in [2.05, 4.69) is 25.6 Å². The number of hydrogen-bond acceptors (Lipinski definition) is 1. The molecule has 1 aromatic rings. The molecule has 0 amide bonds. The first-order valence-corrected chi connectivity index (χ1v) is 4.61. The Hall–Kier alpha value is -1.33. The van der Waals surface area contributed by atoms with Crippen molar-refractivity contribution in [2.24, 2.45) is 0 Å². The van der Waals surface area contributed by atoms with Gasteiger partial charge in [0.25, 0.3) is 0 Å². The Balaban J connectivity index is 3.23. The molecule has 0 saturated carbocycles. The Morgan fingerprint density at radius 1 is 1.36 bits per heavy atom. The van der Waals surface area contributed by atoms with Crippen molar-refractivity contribution in [3.8, 4) is 0 Å². The van der Waals surface area contributed by atoms with E-state index >= 15 is 0 Å². The third kappa shape index (κ3) is 2.12. The quantitative estimate of drug-likeness (QED) is 0.675. The van der Waals surface area contributed by atoms with Gasteiger partial charge in [-0.1, -0.05) is 39.0 Å². The molecule has 0 spiro atoms. The second-order valence-corrected chi connectivity index (χ2v) is 4.36. The van der Waals surface area contributed by atoms with Gasteiger partial charge in [-0.3, -0.25) is 0 Å². The van der Waals surface area contributed by atoms with E-state index in [1.54, 1.807) is 6.07 Å². The van der Waals surface area contributed by atoms with Crippen molar-refractivity contribution in [3.63, 3.8) is 0 Å². The second kappa shape index (κ2) is 3.81. The molecular formula is C12H15NO. The highest BCUT2D eigenvalue weighted by Crippen LogP contribution is 2.28. The second-order valence-electron chi connectivity index (χ2n) is 4.36. The van der Waals surface area contributed by atoms with Crippen molar-refractivity contribution >= 4 is 5.69 Å². The van der Waals surface area contributed by atoms with Crippen LogP contribution in [0.3, 0.4) is 0 Å². The van der Waals surface area contributed by atoms with Crippen LogP contribution in [0, 0.1) is 6.57 Å². The Morgan fingerprint density at radius 2 is 2.00 bits per heavy atom. The fourth-order valence-corrected chi connectivity index (χ4v) is 1.29. The van der Waals surface area contributed by atoms with Gasteiger partial charge < -0.3 is 5.11 Å². The lowest BCUT2D eigenvalue weighted by Gasteiger charge is -2.20. The molecule has 1 rings (SSSR count). The Labute approximate surface area is 85.0 Å². The topological polar surface area (TPSA) is 24.6 Å². The van der Waals surface area contributed by atoms with Crippen molar-refractivity contribution in [1.82, 2.24) is 0 Å². The molecular weight excluding hydrogens is 174 g/mol. The van der Waals surface area contributed by atoms with E-state index in [4.69, 9.17) is 11.7 Å². The number of hydrogen-bond donors (Lipinski definition) is 1. The van der Waals surface area contributed by atoms with Gasteiger partial charge >= 0.3 is 0 Å². The minimum absolute atomic E-state index is 0.0600. The molecule has 2 heteroatoms. The number of aliphatic hydroxyl groups excluding tert-OH is 1. The van der Waals surface area contributed by atoms with Gasteiger partial charge in [0.2, 0.25) is 0 Å². The number of rotatable bonds is 1. The van der Waals surface area contributed by atoms with Crippen LogP contribution in [-0.2, 0) is 12.0 Å². The average Bonchev–Trinajstić information content (AvgIpc) is 2.15. The van der Waals surface area contributed by atoms with Gasteiger partial charge in [-0.2, -0.15) is 0 Å². The van der Waals surface area contributed by atoms with Gasteiger partial charge in [-0.05, 0) is 16.5 Å².